The van der Waals surface area contributed by atoms with Crippen LogP contribution in [0.2, 0.25) is 0 Å². The monoisotopic (exact) mass is 262 g/mol. The highest BCUT2D eigenvalue weighted by molar-refractivity contribution is 7.09. The number of hydrogen-bond donors (Lipinski definition) is 1. The maximum Gasteiger partial charge on any atom is 0.128 e. The number of anilines is 1. The minimum absolute atomic E-state index is 0.854. The second kappa shape index (κ2) is 5.93. The zero-order valence-electron chi connectivity index (χ0n) is 11.0. The van der Waals surface area contributed by atoms with Crippen LogP contribution in [-0.2, 0) is 13.1 Å². The lowest BCUT2D eigenvalue weighted by Gasteiger charge is -2.18. The van der Waals surface area contributed by atoms with E-state index in [1.807, 2.05) is 31.7 Å². The second-order valence-electron chi connectivity index (χ2n) is 4.27. The van der Waals surface area contributed by atoms with Gasteiger partial charge in [0.15, 0.2) is 0 Å². The number of nitrogens with zero attached hydrogens (tertiary/aromatic N) is 3. The summed E-state index contributed by atoms with van der Waals surface area (Å²) in [6, 6.07) is 4.15. The number of pyridine rings is 1. The van der Waals surface area contributed by atoms with Crippen LogP contribution in [-0.4, -0.2) is 24.1 Å². The fourth-order valence-electron chi connectivity index (χ4n) is 1.76. The van der Waals surface area contributed by atoms with Gasteiger partial charge in [0.25, 0.3) is 0 Å². The Labute approximate surface area is 112 Å². The van der Waals surface area contributed by atoms with Crippen molar-refractivity contribution in [1.29, 1.82) is 0 Å². The Kier molecular flexibility index (Phi) is 4.28. The molecule has 5 heteroatoms. The van der Waals surface area contributed by atoms with Crippen LogP contribution in [0.4, 0.5) is 5.82 Å². The van der Waals surface area contributed by atoms with E-state index in [9.17, 15) is 0 Å². The second-order valence-corrected chi connectivity index (χ2v) is 5.21. The summed E-state index contributed by atoms with van der Waals surface area (Å²) in [7, 11) is 4.01. The molecule has 0 aliphatic carbocycles. The molecule has 0 saturated carbocycles. The topological polar surface area (TPSA) is 41.1 Å². The largest absolute Gasteiger partial charge is 0.354 e. The quantitative estimate of drug-likeness (QED) is 0.897. The first-order chi connectivity index (χ1) is 8.70. The van der Waals surface area contributed by atoms with Crippen molar-refractivity contribution in [2.24, 2.45) is 0 Å². The summed E-state index contributed by atoms with van der Waals surface area (Å²) in [6.45, 7) is 3.76. The van der Waals surface area contributed by atoms with Crippen LogP contribution in [0, 0.1) is 6.92 Å². The molecule has 2 aromatic heterocycles. The average Bonchev–Trinajstić information content (AvgIpc) is 2.76. The fraction of sp³-hybridized carbons (Fsp3) is 0.385. The zero-order chi connectivity index (χ0) is 13.0. The summed E-state index contributed by atoms with van der Waals surface area (Å²) in [5.74, 6) is 0.996. The van der Waals surface area contributed by atoms with E-state index in [2.05, 4.69) is 33.3 Å². The molecule has 0 saturated heterocycles. The van der Waals surface area contributed by atoms with Crippen molar-refractivity contribution in [2.75, 3.05) is 19.0 Å². The Morgan fingerprint density at radius 3 is 2.89 bits per heavy atom. The first kappa shape index (κ1) is 13.0. The molecule has 0 fully saturated rings. The highest BCUT2D eigenvalue weighted by Crippen LogP contribution is 2.18. The van der Waals surface area contributed by atoms with E-state index in [4.69, 9.17) is 0 Å². The maximum atomic E-state index is 4.41. The molecule has 0 spiro atoms. The fourth-order valence-corrected chi connectivity index (χ4v) is 2.59. The number of hydrogen-bond acceptors (Lipinski definition) is 5. The van der Waals surface area contributed by atoms with Gasteiger partial charge in [0, 0.05) is 24.7 Å². The Hall–Kier alpha value is -1.46. The van der Waals surface area contributed by atoms with Crippen LogP contribution in [0.25, 0.3) is 0 Å². The molecule has 2 rings (SSSR count). The summed E-state index contributed by atoms with van der Waals surface area (Å²) in [5.41, 5.74) is 4.25. The van der Waals surface area contributed by atoms with Gasteiger partial charge in [-0.3, -0.25) is 0 Å². The molecular weight excluding hydrogens is 244 g/mol. The molecule has 0 atom stereocenters. The van der Waals surface area contributed by atoms with Crippen molar-refractivity contribution in [3.63, 3.8) is 0 Å². The van der Waals surface area contributed by atoms with Crippen LogP contribution in [0.5, 0.6) is 0 Å². The van der Waals surface area contributed by atoms with Crippen LogP contribution in [0.15, 0.2) is 23.8 Å². The normalized spacial score (nSPS) is 10.6. The predicted octanol–water partition coefficient (Wildman–Crippen LogP) is 2.20. The average molecular weight is 262 g/mol. The van der Waals surface area contributed by atoms with Gasteiger partial charge in [0.2, 0.25) is 0 Å². The lowest BCUT2D eigenvalue weighted by molar-refractivity contribution is 0.811. The van der Waals surface area contributed by atoms with Gasteiger partial charge >= 0.3 is 0 Å². The zero-order valence-corrected chi connectivity index (χ0v) is 11.8. The standard InChI is InChI=1S/C13H18N4S/c1-10-12(18-9-16-10)8-17(3)13-6-11(7-14-2)4-5-15-13/h4-6,9,14H,7-8H2,1-3H3. The molecule has 0 aliphatic rings. The van der Waals surface area contributed by atoms with E-state index in [1.54, 1.807) is 11.3 Å². The third kappa shape index (κ3) is 3.05. The van der Waals surface area contributed by atoms with Gasteiger partial charge in [-0.1, -0.05) is 0 Å². The third-order valence-electron chi connectivity index (χ3n) is 2.81. The minimum Gasteiger partial charge on any atom is -0.354 e. The van der Waals surface area contributed by atoms with Gasteiger partial charge in [0.05, 0.1) is 17.7 Å². The van der Waals surface area contributed by atoms with Crippen LogP contribution >= 0.6 is 11.3 Å². The summed E-state index contributed by atoms with van der Waals surface area (Å²) in [6.07, 6.45) is 1.86. The molecule has 0 aliphatic heterocycles. The Morgan fingerprint density at radius 2 is 2.22 bits per heavy atom. The molecule has 0 bridgehead atoms. The summed E-state index contributed by atoms with van der Waals surface area (Å²) in [5, 5.41) is 3.15. The molecule has 0 amide bonds. The van der Waals surface area contributed by atoms with Gasteiger partial charge in [-0.2, -0.15) is 0 Å². The number of rotatable bonds is 5. The third-order valence-corrected chi connectivity index (χ3v) is 3.73. The summed E-state index contributed by atoms with van der Waals surface area (Å²) >= 11 is 1.69. The molecule has 96 valence electrons. The Bertz CT molecular complexity index is 509. The van der Waals surface area contributed by atoms with Crippen molar-refractivity contribution in [2.45, 2.75) is 20.0 Å². The molecule has 2 aromatic rings. The molecule has 0 unspecified atom stereocenters. The van der Waals surface area contributed by atoms with Gasteiger partial charge in [-0.05, 0) is 31.7 Å². The molecule has 18 heavy (non-hydrogen) atoms. The molecule has 1 N–H and O–H groups in total. The van der Waals surface area contributed by atoms with E-state index >= 15 is 0 Å². The van der Waals surface area contributed by atoms with Crippen molar-refractivity contribution in [3.05, 3.63) is 40.0 Å². The first-order valence-electron chi connectivity index (χ1n) is 5.90. The lowest BCUT2D eigenvalue weighted by atomic mass is 10.2. The molecule has 2 heterocycles. The van der Waals surface area contributed by atoms with Crippen LogP contribution < -0.4 is 10.2 Å². The molecular formula is C13H18N4S. The van der Waals surface area contributed by atoms with Crippen LogP contribution in [0.3, 0.4) is 0 Å². The van der Waals surface area contributed by atoms with E-state index in [-0.39, 0.29) is 0 Å². The molecule has 0 radical (unpaired) electrons. The highest BCUT2D eigenvalue weighted by Gasteiger charge is 2.08. The first-order valence-corrected chi connectivity index (χ1v) is 6.78. The molecule has 4 nitrogen and oxygen atoms in total. The van der Waals surface area contributed by atoms with Crippen molar-refractivity contribution >= 4 is 17.2 Å². The summed E-state index contributed by atoms with van der Waals surface area (Å²) < 4.78 is 0. The number of nitrogens with one attached hydrogen (secondary N) is 1. The Morgan fingerprint density at radius 1 is 1.39 bits per heavy atom. The van der Waals surface area contributed by atoms with Crippen LogP contribution in [0.1, 0.15) is 16.1 Å². The number of thiazole rings is 1. The van der Waals surface area contributed by atoms with Gasteiger partial charge in [0.1, 0.15) is 5.82 Å². The Balaban J connectivity index is 2.11. The predicted molar refractivity (Wildman–Crippen MR) is 76.0 cm³/mol. The van der Waals surface area contributed by atoms with Crippen molar-refractivity contribution in [3.8, 4) is 0 Å². The van der Waals surface area contributed by atoms with Crippen molar-refractivity contribution in [1.82, 2.24) is 15.3 Å². The van der Waals surface area contributed by atoms with Crippen molar-refractivity contribution < 1.29 is 0 Å². The molecule has 0 aromatic carbocycles. The maximum absolute atomic E-state index is 4.41. The SMILES string of the molecule is CNCc1ccnc(N(C)Cc2scnc2C)c1. The minimum atomic E-state index is 0.854. The van der Waals surface area contributed by atoms with E-state index in [0.29, 0.717) is 0 Å². The van der Waals surface area contributed by atoms with Gasteiger partial charge in [-0.25, -0.2) is 9.97 Å². The van der Waals surface area contributed by atoms with Gasteiger partial charge in [-0.15, -0.1) is 11.3 Å². The van der Waals surface area contributed by atoms with E-state index < -0.39 is 0 Å². The van der Waals surface area contributed by atoms with Gasteiger partial charge < -0.3 is 10.2 Å². The summed E-state index contributed by atoms with van der Waals surface area (Å²) in [4.78, 5) is 12.1. The lowest BCUT2D eigenvalue weighted by Crippen LogP contribution is -2.18. The van der Waals surface area contributed by atoms with E-state index in [1.165, 1.54) is 10.4 Å². The number of aryl methyl sites for hydroxylation is 1. The smallest absolute Gasteiger partial charge is 0.128 e. The highest BCUT2D eigenvalue weighted by atomic mass is 32.1. The van der Waals surface area contributed by atoms with E-state index in [0.717, 1.165) is 24.6 Å². The number of aromatic nitrogens is 2.